The molecule has 0 bridgehead atoms. The molecule has 1 aromatic carbocycles. The molecule has 1 atom stereocenters. The van der Waals surface area contributed by atoms with E-state index >= 15 is 0 Å². The minimum absolute atomic E-state index is 0.164. The van der Waals surface area contributed by atoms with E-state index in [1.807, 2.05) is 25.1 Å². The number of anilines is 2. The van der Waals surface area contributed by atoms with Crippen LogP contribution in [0.2, 0.25) is 0 Å². The highest BCUT2D eigenvalue weighted by Gasteiger charge is 2.22. The van der Waals surface area contributed by atoms with E-state index in [9.17, 15) is 4.79 Å². The number of furan rings is 1. The Kier molecular flexibility index (Phi) is 5.44. The van der Waals surface area contributed by atoms with Crippen LogP contribution in [-0.4, -0.2) is 10.9 Å². The fourth-order valence-electron chi connectivity index (χ4n) is 3.11. The molecule has 6 heteroatoms. The summed E-state index contributed by atoms with van der Waals surface area (Å²) in [6.07, 6.45) is 3.25. The minimum atomic E-state index is -0.265. The Bertz CT molecular complexity index is 1090. The van der Waals surface area contributed by atoms with Crippen molar-refractivity contribution in [2.75, 3.05) is 10.6 Å². The zero-order chi connectivity index (χ0) is 20.2. The maximum Gasteiger partial charge on any atom is 0.291 e. The Morgan fingerprint density at radius 3 is 2.59 bits per heavy atom. The van der Waals surface area contributed by atoms with Gasteiger partial charge in [-0.05, 0) is 49.7 Å². The molecular weight excluding hydrogens is 382 g/mol. The lowest BCUT2D eigenvalue weighted by Crippen LogP contribution is -2.16. The van der Waals surface area contributed by atoms with Gasteiger partial charge >= 0.3 is 0 Å². The Morgan fingerprint density at radius 2 is 1.90 bits per heavy atom. The van der Waals surface area contributed by atoms with E-state index in [1.54, 1.807) is 29.7 Å². The first-order valence-corrected chi connectivity index (χ1v) is 10.1. The van der Waals surface area contributed by atoms with Crippen LogP contribution in [0.25, 0.3) is 0 Å². The van der Waals surface area contributed by atoms with Gasteiger partial charge in [-0.15, -0.1) is 11.3 Å². The van der Waals surface area contributed by atoms with Gasteiger partial charge in [0.25, 0.3) is 5.91 Å². The standard InChI is InChI=1S/C23H21N3O2S/c1-15-8-10-17(11-9-15)21(25-20-7-3-4-12-24-20)18-14-16(2)29-23(18)26-22(27)19-6-5-13-28-19/h3-14,21H,1-2H3,(H,24,25)(H,26,27)/t21-/m0/s1. The fourth-order valence-corrected chi connectivity index (χ4v) is 4.06. The van der Waals surface area contributed by atoms with E-state index in [-0.39, 0.29) is 17.7 Å². The zero-order valence-corrected chi connectivity index (χ0v) is 17.0. The summed E-state index contributed by atoms with van der Waals surface area (Å²) < 4.78 is 5.24. The van der Waals surface area contributed by atoms with Gasteiger partial charge in [0.2, 0.25) is 0 Å². The third-order valence-corrected chi connectivity index (χ3v) is 5.52. The van der Waals surface area contributed by atoms with E-state index in [4.69, 9.17) is 4.42 Å². The molecule has 1 amide bonds. The second-order valence-corrected chi connectivity index (χ2v) is 8.03. The largest absolute Gasteiger partial charge is 0.459 e. The predicted molar refractivity (Wildman–Crippen MR) is 117 cm³/mol. The average molecular weight is 404 g/mol. The Balaban J connectivity index is 1.72. The highest BCUT2D eigenvalue weighted by atomic mass is 32.1. The monoisotopic (exact) mass is 403 g/mol. The summed E-state index contributed by atoms with van der Waals surface area (Å²) in [4.78, 5) is 18.1. The second-order valence-electron chi connectivity index (χ2n) is 6.78. The number of benzene rings is 1. The summed E-state index contributed by atoms with van der Waals surface area (Å²) in [6.45, 7) is 4.10. The first kappa shape index (κ1) is 19.0. The third kappa shape index (κ3) is 4.38. The molecule has 3 aromatic heterocycles. The van der Waals surface area contributed by atoms with Crippen LogP contribution in [0.1, 0.15) is 38.2 Å². The van der Waals surface area contributed by atoms with Gasteiger partial charge in [-0.2, -0.15) is 0 Å². The number of hydrogen-bond donors (Lipinski definition) is 2. The first-order chi connectivity index (χ1) is 14.1. The molecule has 0 fully saturated rings. The lowest BCUT2D eigenvalue weighted by molar-refractivity contribution is 0.0997. The van der Waals surface area contributed by atoms with E-state index in [0.29, 0.717) is 0 Å². The second kappa shape index (κ2) is 8.32. The molecule has 0 aliphatic rings. The molecule has 0 unspecified atom stereocenters. The maximum atomic E-state index is 12.6. The van der Waals surface area contributed by atoms with Crippen LogP contribution in [0, 0.1) is 13.8 Å². The number of nitrogens with zero attached hydrogens (tertiary/aromatic N) is 1. The molecule has 29 heavy (non-hydrogen) atoms. The number of carbonyl (C=O) groups is 1. The van der Waals surface area contributed by atoms with Crippen LogP contribution < -0.4 is 10.6 Å². The number of rotatable bonds is 6. The highest BCUT2D eigenvalue weighted by Crippen LogP contribution is 2.37. The predicted octanol–water partition coefficient (Wildman–Crippen LogP) is 5.81. The van der Waals surface area contributed by atoms with Gasteiger partial charge in [0, 0.05) is 16.6 Å². The van der Waals surface area contributed by atoms with E-state index in [1.165, 1.54) is 11.8 Å². The molecule has 0 spiro atoms. The van der Waals surface area contributed by atoms with Crippen molar-refractivity contribution in [3.63, 3.8) is 0 Å². The van der Waals surface area contributed by atoms with Gasteiger partial charge in [-0.3, -0.25) is 4.79 Å². The summed E-state index contributed by atoms with van der Waals surface area (Å²) in [7, 11) is 0. The maximum absolute atomic E-state index is 12.6. The molecule has 5 nitrogen and oxygen atoms in total. The number of hydrogen-bond acceptors (Lipinski definition) is 5. The van der Waals surface area contributed by atoms with Crippen molar-refractivity contribution in [1.82, 2.24) is 4.98 Å². The van der Waals surface area contributed by atoms with Crippen LogP contribution in [0.4, 0.5) is 10.8 Å². The molecular formula is C23H21N3O2S. The molecule has 0 aliphatic carbocycles. The van der Waals surface area contributed by atoms with Crippen molar-refractivity contribution < 1.29 is 9.21 Å². The molecule has 2 N–H and O–H groups in total. The lowest BCUT2D eigenvalue weighted by atomic mass is 9.99. The molecule has 3 heterocycles. The summed E-state index contributed by atoms with van der Waals surface area (Å²) in [5, 5.41) is 7.31. The van der Waals surface area contributed by atoms with Crippen LogP contribution in [0.15, 0.2) is 77.5 Å². The van der Waals surface area contributed by atoms with Crippen molar-refractivity contribution in [2.24, 2.45) is 0 Å². The van der Waals surface area contributed by atoms with Crippen LogP contribution >= 0.6 is 11.3 Å². The Morgan fingerprint density at radius 1 is 1.07 bits per heavy atom. The molecule has 4 rings (SSSR count). The van der Waals surface area contributed by atoms with Crippen molar-refractivity contribution in [3.05, 3.63) is 100 Å². The Labute approximate surface area is 173 Å². The summed E-state index contributed by atoms with van der Waals surface area (Å²) in [5.41, 5.74) is 3.27. The van der Waals surface area contributed by atoms with Crippen molar-refractivity contribution >= 4 is 28.1 Å². The molecule has 0 radical (unpaired) electrons. The number of aromatic nitrogens is 1. The topological polar surface area (TPSA) is 67.2 Å². The number of aryl methyl sites for hydroxylation is 2. The van der Waals surface area contributed by atoms with Gasteiger partial charge in [0.05, 0.1) is 12.3 Å². The highest BCUT2D eigenvalue weighted by molar-refractivity contribution is 7.16. The van der Waals surface area contributed by atoms with Crippen molar-refractivity contribution in [2.45, 2.75) is 19.9 Å². The Hall–Kier alpha value is -3.38. The minimum Gasteiger partial charge on any atom is -0.459 e. The van der Waals surface area contributed by atoms with Gasteiger partial charge < -0.3 is 15.1 Å². The van der Waals surface area contributed by atoms with Gasteiger partial charge in [0.1, 0.15) is 10.8 Å². The lowest BCUT2D eigenvalue weighted by Gasteiger charge is -2.21. The zero-order valence-electron chi connectivity index (χ0n) is 16.2. The van der Waals surface area contributed by atoms with Gasteiger partial charge in [-0.1, -0.05) is 35.9 Å². The molecule has 0 aliphatic heterocycles. The first-order valence-electron chi connectivity index (χ1n) is 9.29. The van der Waals surface area contributed by atoms with E-state index in [0.717, 1.165) is 26.8 Å². The van der Waals surface area contributed by atoms with E-state index in [2.05, 4.69) is 52.9 Å². The van der Waals surface area contributed by atoms with Crippen molar-refractivity contribution in [3.8, 4) is 0 Å². The number of nitrogens with one attached hydrogen (secondary N) is 2. The fraction of sp³-hybridized carbons (Fsp3) is 0.130. The summed E-state index contributed by atoms with van der Waals surface area (Å²) in [6, 6.07) is 19.4. The molecule has 0 saturated heterocycles. The quantitative estimate of drug-likeness (QED) is 0.426. The number of amides is 1. The third-order valence-electron chi connectivity index (χ3n) is 4.53. The molecule has 0 saturated carbocycles. The number of carbonyl (C=O) groups excluding carboxylic acids is 1. The van der Waals surface area contributed by atoms with E-state index < -0.39 is 0 Å². The number of thiophene rings is 1. The SMILES string of the molecule is Cc1ccc([C@H](Nc2ccccn2)c2cc(C)sc2NC(=O)c2ccco2)cc1. The molecule has 146 valence electrons. The average Bonchev–Trinajstić information content (AvgIpc) is 3.38. The van der Waals surface area contributed by atoms with Crippen LogP contribution in [0.3, 0.4) is 0 Å². The van der Waals surface area contributed by atoms with Gasteiger partial charge in [0.15, 0.2) is 5.76 Å². The van der Waals surface area contributed by atoms with Crippen molar-refractivity contribution in [1.29, 1.82) is 0 Å². The van der Waals surface area contributed by atoms with Gasteiger partial charge in [-0.25, -0.2) is 4.98 Å². The molecule has 4 aromatic rings. The number of pyridine rings is 1. The smallest absolute Gasteiger partial charge is 0.291 e. The normalized spacial score (nSPS) is 11.8. The summed E-state index contributed by atoms with van der Waals surface area (Å²) in [5.74, 6) is 0.787. The van der Waals surface area contributed by atoms with Crippen LogP contribution in [-0.2, 0) is 0 Å². The van der Waals surface area contributed by atoms with Crippen LogP contribution in [0.5, 0.6) is 0 Å². The summed E-state index contributed by atoms with van der Waals surface area (Å²) >= 11 is 1.54.